The van der Waals surface area contributed by atoms with Crippen LogP contribution in [-0.2, 0) is 0 Å². The molecule has 0 saturated carbocycles. The summed E-state index contributed by atoms with van der Waals surface area (Å²) in [5.74, 6) is 2.01. The first-order valence-electron chi connectivity index (χ1n) is 19.8. The van der Waals surface area contributed by atoms with Crippen molar-refractivity contribution < 1.29 is 0 Å². The van der Waals surface area contributed by atoms with Crippen molar-refractivity contribution in [2.45, 2.75) is 9.84 Å². The van der Waals surface area contributed by atoms with E-state index in [1.165, 1.54) is 16.6 Å². The van der Waals surface area contributed by atoms with Crippen LogP contribution in [0.3, 0.4) is 0 Å². The predicted molar refractivity (Wildman–Crippen MR) is 250 cm³/mol. The lowest BCUT2D eigenvalue weighted by Gasteiger charge is -2.31. The molecule has 0 spiro atoms. The summed E-state index contributed by atoms with van der Waals surface area (Å²) in [4.78, 5) is 12.7. The maximum Gasteiger partial charge on any atom is 0.145 e. The largest absolute Gasteiger partial charge is 0.323 e. The molecule has 0 bridgehead atoms. The van der Waals surface area contributed by atoms with E-state index in [0.29, 0.717) is 0 Å². The number of aromatic nitrogens is 5. The summed E-state index contributed by atoms with van der Waals surface area (Å²) in [5.41, 5.74) is 14.2. The highest BCUT2D eigenvalue weighted by Crippen LogP contribution is 2.41. The van der Waals surface area contributed by atoms with Crippen LogP contribution in [-0.4, -0.2) is 27.4 Å². The summed E-state index contributed by atoms with van der Waals surface area (Å²) in [6.07, 6.45) is 11.3. The van der Waals surface area contributed by atoms with Gasteiger partial charge >= 0.3 is 0 Å². The molecule has 7 heteroatoms. The quantitative estimate of drug-likeness (QED) is 0.113. The van der Waals surface area contributed by atoms with Gasteiger partial charge in [0.25, 0.3) is 0 Å². The second-order valence-electron chi connectivity index (χ2n) is 14.8. The van der Waals surface area contributed by atoms with Gasteiger partial charge in [-0.1, -0.05) is 108 Å². The zero-order chi connectivity index (χ0) is 39.3. The third-order valence-corrected chi connectivity index (χ3v) is 12.4. The number of fused-ring (bicyclic) bond motifs is 3. The van der Waals surface area contributed by atoms with Gasteiger partial charge in [-0.05, 0) is 121 Å². The maximum atomic E-state index is 5.24. The molecule has 0 radical (unpaired) electrons. The van der Waals surface area contributed by atoms with E-state index in [4.69, 9.17) is 9.97 Å². The monoisotopic (exact) mass is 872 g/mol. The minimum atomic E-state index is 0.0634. The second kappa shape index (κ2) is 14.8. The number of imidazole rings is 2. The number of para-hydroxylation sites is 6. The van der Waals surface area contributed by atoms with Crippen molar-refractivity contribution in [3.05, 3.63) is 224 Å². The van der Waals surface area contributed by atoms with Crippen molar-refractivity contribution in [1.82, 2.24) is 23.5 Å². The Hall–Kier alpha value is -6.97. The lowest BCUT2D eigenvalue weighted by atomic mass is 9.97. The van der Waals surface area contributed by atoms with Gasteiger partial charge in [-0.25, -0.2) is 9.97 Å². The molecule has 4 aromatic heterocycles. The molecule has 6 nitrogen and oxygen atoms in total. The van der Waals surface area contributed by atoms with Crippen LogP contribution < -0.4 is 4.90 Å². The van der Waals surface area contributed by atoms with Gasteiger partial charge in [-0.3, -0.25) is 9.13 Å². The maximum absolute atomic E-state index is 5.24. The molecule has 2 atom stereocenters. The number of nitrogens with zero attached hydrogens (tertiary/aromatic N) is 6. The Kier molecular flexibility index (Phi) is 8.81. The van der Waals surface area contributed by atoms with E-state index in [1.54, 1.807) is 0 Å². The Bertz CT molecular complexity index is 3140. The van der Waals surface area contributed by atoms with Gasteiger partial charge in [0.05, 0.1) is 28.0 Å². The van der Waals surface area contributed by atoms with Crippen LogP contribution in [0, 0.1) is 0 Å². The van der Waals surface area contributed by atoms with Gasteiger partial charge in [0.2, 0.25) is 0 Å². The van der Waals surface area contributed by atoms with E-state index in [-0.39, 0.29) is 9.84 Å². The standard InChI is InChI=1S/C52H37IN6/c53-46-34-44(30-31-45(46)52-55-48-19-8-10-21-50(48)59(52)40-15-5-2-6-16-40)57(41-26-22-36(23-27-41)38-33-43-17-11-12-32-56(43)35-38)42-28-24-37(25-29-42)51-54-47-18-7-9-20-49(47)58(51)39-13-3-1-4-14-39/h1-35,45-46H/t45-,46?/m0/s1. The van der Waals surface area contributed by atoms with Gasteiger partial charge in [0, 0.05) is 61.4 Å². The number of anilines is 2. The van der Waals surface area contributed by atoms with Crippen molar-refractivity contribution in [2.75, 3.05) is 4.90 Å². The summed E-state index contributed by atoms with van der Waals surface area (Å²) in [5, 5.41) is 0. The Morgan fingerprint density at radius 2 is 1.10 bits per heavy atom. The molecule has 59 heavy (non-hydrogen) atoms. The van der Waals surface area contributed by atoms with Gasteiger partial charge < -0.3 is 9.30 Å². The molecule has 0 saturated heterocycles. The van der Waals surface area contributed by atoms with Crippen molar-refractivity contribution in [2.24, 2.45) is 0 Å². The highest BCUT2D eigenvalue weighted by molar-refractivity contribution is 14.1. The van der Waals surface area contributed by atoms with E-state index >= 15 is 0 Å². The SMILES string of the molecule is IC1C=C(N(c2ccc(-c3cc4ccccn4c3)cc2)c2ccc(-c3nc4ccccc4n3-c3ccccc3)cc2)C=C[C@@H]1c1nc2ccccc2n1-c1ccccc1. The van der Waals surface area contributed by atoms with Crippen molar-refractivity contribution in [3.8, 4) is 33.9 Å². The highest BCUT2D eigenvalue weighted by atomic mass is 127. The average Bonchev–Trinajstić information content (AvgIpc) is 4.02. The Labute approximate surface area is 355 Å². The molecule has 4 heterocycles. The third-order valence-electron chi connectivity index (χ3n) is 11.2. The number of rotatable bonds is 8. The summed E-state index contributed by atoms with van der Waals surface area (Å²) in [6, 6.07) is 64.1. The Morgan fingerprint density at radius 3 is 1.76 bits per heavy atom. The van der Waals surface area contributed by atoms with Crippen LogP contribution in [0.2, 0.25) is 0 Å². The summed E-state index contributed by atoms with van der Waals surface area (Å²) < 4.78 is 6.87. The summed E-state index contributed by atoms with van der Waals surface area (Å²) >= 11 is 2.60. The topological polar surface area (TPSA) is 43.3 Å². The first-order chi connectivity index (χ1) is 29.2. The van der Waals surface area contributed by atoms with E-state index in [1.807, 2.05) is 6.07 Å². The molecule has 0 amide bonds. The Balaban J connectivity index is 0.994. The van der Waals surface area contributed by atoms with Gasteiger partial charge in [0.1, 0.15) is 11.6 Å². The first kappa shape index (κ1) is 35.2. The highest BCUT2D eigenvalue weighted by Gasteiger charge is 2.29. The summed E-state index contributed by atoms with van der Waals surface area (Å²) in [6.45, 7) is 0. The van der Waals surface area contributed by atoms with Crippen LogP contribution in [0.25, 0.3) is 61.5 Å². The predicted octanol–water partition coefficient (Wildman–Crippen LogP) is 13.1. The van der Waals surface area contributed by atoms with Crippen LogP contribution in [0.5, 0.6) is 0 Å². The third kappa shape index (κ3) is 6.35. The first-order valence-corrected chi connectivity index (χ1v) is 21.1. The van der Waals surface area contributed by atoms with E-state index in [0.717, 1.165) is 67.7 Å². The fourth-order valence-corrected chi connectivity index (χ4v) is 9.34. The molecule has 282 valence electrons. The number of alkyl halides is 1. The molecule has 10 aromatic rings. The zero-order valence-corrected chi connectivity index (χ0v) is 34.1. The van der Waals surface area contributed by atoms with Gasteiger partial charge in [0.15, 0.2) is 0 Å². The number of allylic oxidation sites excluding steroid dienone is 3. The van der Waals surface area contributed by atoms with E-state index < -0.39 is 0 Å². The fourth-order valence-electron chi connectivity index (χ4n) is 8.41. The van der Waals surface area contributed by atoms with Crippen LogP contribution >= 0.6 is 22.6 Å². The van der Waals surface area contributed by atoms with Crippen molar-refractivity contribution in [1.29, 1.82) is 0 Å². The van der Waals surface area contributed by atoms with Crippen molar-refractivity contribution in [3.63, 3.8) is 0 Å². The van der Waals surface area contributed by atoms with Gasteiger partial charge in [-0.15, -0.1) is 0 Å². The average molecular weight is 873 g/mol. The van der Waals surface area contributed by atoms with Crippen LogP contribution in [0.1, 0.15) is 11.7 Å². The lowest BCUT2D eigenvalue weighted by Crippen LogP contribution is -2.22. The molecule has 1 aliphatic rings. The molecule has 11 rings (SSSR count). The zero-order valence-electron chi connectivity index (χ0n) is 31.9. The van der Waals surface area contributed by atoms with E-state index in [2.05, 4.69) is 248 Å². The van der Waals surface area contributed by atoms with Crippen LogP contribution in [0.15, 0.2) is 218 Å². The number of halogens is 1. The van der Waals surface area contributed by atoms with Crippen molar-refractivity contribution >= 4 is 61.5 Å². The molecule has 1 aliphatic carbocycles. The smallest absolute Gasteiger partial charge is 0.145 e. The molecule has 1 unspecified atom stereocenters. The number of pyridine rings is 1. The molecule has 0 N–H and O–H groups in total. The van der Waals surface area contributed by atoms with Crippen LogP contribution in [0.4, 0.5) is 11.4 Å². The molecule has 0 fully saturated rings. The number of hydrogen-bond donors (Lipinski definition) is 0. The number of hydrogen-bond acceptors (Lipinski definition) is 3. The number of benzene rings is 6. The fraction of sp³-hybridized carbons (Fsp3) is 0.0385. The molecule has 0 aliphatic heterocycles. The van der Waals surface area contributed by atoms with E-state index in [9.17, 15) is 0 Å². The second-order valence-corrected chi connectivity index (χ2v) is 16.3. The molecule has 6 aromatic carbocycles. The molecular formula is C52H37IN6. The van der Waals surface area contributed by atoms with Gasteiger partial charge in [-0.2, -0.15) is 0 Å². The molecular weight excluding hydrogens is 836 g/mol. The Morgan fingerprint density at radius 1 is 0.525 bits per heavy atom. The normalized spacial score (nSPS) is 15.2. The lowest BCUT2D eigenvalue weighted by molar-refractivity contribution is 0.778. The summed E-state index contributed by atoms with van der Waals surface area (Å²) in [7, 11) is 0. The minimum absolute atomic E-state index is 0.0634. The minimum Gasteiger partial charge on any atom is -0.323 e.